The number of nitrogens with one attached hydrogen (secondary N) is 1. The molecule has 0 aliphatic heterocycles. The van der Waals surface area contributed by atoms with Gasteiger partial charge in [0, 0.05) is 7.05 Å². The van der Waals surface area contributed by atoms with Crippen LogP contribution in [-0.4, -0.2) is 22.6 Å². The predicted octanol–water partition coefficient (Wildman–Crippen LogP) is 2.43. The minimum absolute atomic E-state index is 0.252. The molecule has 0 unspecified atom stereocenters. The molecule has 1 aromatic heterocycles. The lowest BCUT2D eigenvalue weighted by Crippen LogP contribution is -2.27. The Hall–Kier alpha value is -1.76. The van der Waals surface area contributed by atoms with Crippen LogP contribution in [-0.2, 0) is 0 Å². The van der Waals surface area contributed by atoms with Gasteiger partial charge in [-0.3, -0.25) is 0 Å². The van der Waals surface area contributed by atoms with Crippen molar-refractivity contribution in [3.05, 3.63) is 11.9 Å². The van der Waals surface area contributed by atoms with E-state index < -0.39 is 5.60 Å². The molecule has 1 aromatic rings. The Morgan fingerprint density at radius 1 is 1.41 bits per heavy atom. The molecule has 0 aliphatic carbocycles. The molecule has 0 amide bonds. The first-order valence-corrected chi connectivity index (χ1v) is 5.60. The maximum absolute atomic E-state index is 5.76. The molecule has 1 N–H and O–H groups in total. The van der Waals surface area contributed by atoms with Gasteiger partial charge >= 0.3 is 0 Å². The molecule has 0 saturated carbocycles. The zero-order chi connectivity index (χ0) is 13.1. The zero-order valence-corrected chi connectivity index (χ0v) is 11.0. The molecule has 0 fully saturated rings. The summed E-state index contributed by atoms with van der Waals surface area (Å²) in [6.07, 6.45) is 6.89. The molecule has 17 heavy (non-hydrogen) atoms. The summed E-state index contributed by atoms with van der Waals surface area (Å²) >= 11 is 0. The van der Waals surface area contributed by atoms with E-state index in [1.165, 1.54) is 6.33 Å². The molecule has 4 heteroatoms. The molecular formula is C13H19N3O. The highest BCUT2D eigenvalue weighted by atomic mass is 16.5. The molecule has 4 nitrogen and oxygen atoms in total. The lowest BCUT2D eigenvalue weighted by atomic mass is 10.0. The first-order valence-electron chi connectivity index (χ1n) is 5.60. The third-order valence-corrected chi connectivity index (χ3v) is 2.36. The Morgan fingerprint density at radius 3 is 2.53 bits per heavy atom. The van der Waals surface area contributed by atoms with Crippen LogP contribution in [0.4, 0.5) is 5.82 Å². The summed E-state index contributed by atoms with van der Waals surface area (Å²) in [5.74, 6) is 4.16. The smallest absolute Gasteiger partial charge is 0.223 e. The van der Waals surface area contributed by atoms with Gasteiger partial charge in [-0.25, -0.2) is 9.97 Å². The molecule has 1 rings (SSSR count). The van der Waals surface area contributed by atoms with Gasteiger partial charge in [-0.05, 0) is 19.8 Å². The van der Waals surface area contributed by atoms with Crippen LogP contribution < -0.4 is 10.1 Å². The fourth-order valence-electron chi connectivity index (χ4n) is 1.45. The minimum atomic E-state index is -0.678. The van der Waals surface area contributed by atoms with E-state index in [1.807, 2.05) is 20.9 Å². The van der Waals surface area contributed by atoms with Crippen LogP contribution in [0.1, 0.15) is 39.2 Å². The SMILES string of the molecule is C#CC(C)(C)Oc1ncnc(NC)c1C(C)C. The molecule has 0 radical (unpaired) electrons. The summed E-state index contributed by atoms with van der Waals surface area (Å²) in [7, 11) is 1.82. The lowest BCUT2D eigenvalue weighted by molar-refractivity contribution is 0.162. The van der Waals surface area contributed by atoms with Crippen molar-refractivity contribution in [2.45, 2.75) is 39.2 Å². The van der Waals surface area contributed by atoms with Gasteiger partial charge in [0.25, 0.3) is 0 Å². The van der Waals surface area contributed by atoms with Gasteiger partial charge in [-0.15, -0.1) is 6.42 Å². The van der Waals surface area contributed by atoms with Gasteiger partial charge in [-0.2, -0.15) is 0 Å². The molecule has 0 spiro atoms. The summed E-state index contributed by atoms with van der Waals surface area (Å²) in [6.45, 7) is 7.79. The van der Waals surface area contributed by atoms with Crippen LogP contribution in [0.15, 0.2) is 6.33 Å². The topological polar surface area (TPSA) is 47.0 Å². The number of aromatic nitrogens is 2. The summed E-state index contributed by atoms with van der Waals surface area (Å²) in [4.78, 5) is 8.35. The molecule has 0 aliphatic rings. The summed E-state index contributed by atoms with van der Waals surface area (Å²) in [6, 6.07) is 0. The van der Waals surface area contributed by atoms with Crippen LogP contribution in [0.2, 0.25) is 0 Å². The Balaban J connectivity index is 3.20. The van der Waals surface area contributed by atoms with Gasteiger partial charge in [-0.1, -0.05) is 19.8 Å². The van der Waals surface area contributed by atoms with Gasteiger partial charge < -0.3 is 10.1 Å². The number of nitrogens with zero attached hydrogens (tertiary/aromatic N) is 2. The van der Waals surface area contributed by atoms with E-state index in [9.17, 15) is 0 Å². The highest BCUT2D eigenvalue weighted by Crippen LogP contribution is 2.31. The second-order valence-electron chi connectivity index (χ2n) is 4.60. The van der Waals surface area contributed by atoms with Crippen molar-refractivity contribution in [1.29, 1.82) is 0 Å². The zero-order valence-electron chi connectivity index (χ0n) is 11.0. The van der Waals surface area contributed by atoms with Crippen molar-refractivity contribution in [1.82, 2.24) is 9.97 Å². The first kappa shape index (κ1) is 13.3. The predicted molar refractivity (Wildman–Crippen MR) is 69.2 cm³/mol. The quantitative estimate of drug-likeness (QED) is 0.811. The fourth-order valence-corrected chi connectivity index (χ4v) is 1.45. The van der Waals surface area contributed by atoms with Gasteiger partial charge in [0.1, 0.15) is 12.1 Å². The van der Waals surface area contributed by atoms with Crippen LogP contribution in [0.3, 0.4) is 0 Å². The Bertz CT molecular complexity index is 433. The summed E-state index contributed by atoms with van der Waals surface area (Å²) < 4.78 is 5.76. The van der Waals surface area contributed by atoms with E-state index in [4.69, 9.17) is 11.2 Å². The van der Waals surface area contributed by atoms with E-state index in [1.54, 1.807) is 0 Å². The van der Waals surface area contributed by atoms with Gasteiger partial charge in [0.2, 0.25) is 5.88 Å². The number of terminal acetylenes is 1. The summed E-state index contributed by atoms with van der Waals surface area (Å²) in [5.41, 5.74) is 0.265. The average Bonchev–Trinajstić information content (AvgIpc) is 2.27. The molecule has 0 saturated heterocycles. The average molecular weight is 233 g/mol. The third kappa shape index (κ3) is 3.10. The van der Waals surface area contributed by atoms with E-state index in [2.05, 4.69) is 35.1 Å². The molecular weight excluding hydrogens is 214 g/mol. The monoisotopic (exact) mass is 233 g/mol. The summed E-state index contributed by atoms with van der Waals surface area (Å²) in [5, 5.41) is 3.04. The number of rotatable bonds is 4. The van der Waals surface area contributed by atoms with E-state index in [0.717, 1.165) is 11.4 Å². The van der Waals surface area contributed by atoms with E-state index >= 15 is 0 Å². The number of hydrogen-bond donors (Lipinski definition) is 1. The number of ether oxygens (including phenoxy) is 1. The second kappa shape index (κ2) is 5.05. The van der Waals surface area contributed by atoms with Crippen LogP contribution in [0, 0.1) is 12.3 Å². The highest BCUT2D eigenvalue weighted by Gasteiger charge is 2.22. The molecule has 92 valence electrons. The molecule has 0 bridgehead atoms. The highest BCUT2D eigenvalue weighted by molar-refractivity contribution is 5.50. The number of hydrogen-bond acceptors (Lipinski definition) is 4. The Labute approximate surface area is 103 Å². The van der Waals surface area contributed by atoms with Gasteiger partial charge in [0.05, 0.1) is 5.56 Å². The Kier molecular flexibility index (Phi) is 3.95. The van der Waals surface area contributed by atoms with Crippen molar-refractivity contribution in [3.8, 4) is 18.2 Å². The van der Waals surface area contributed by atoms with Crippen molar-refractivity contribution >= 4 is 5.82 Å². The van der Waals surface area contributed by atoms with Crippen LogP contribution in [0.25, 0.3) is 0 Å². The molecule has 0 atom stereocenters. The van der Waals surface area contributed by atoms with Crippen molar-refractivity contribution in [3.63, 3.8) is 0 Å². The van der Waals surface area contributed by atoms with Crippen molar-refractivity contribution < 1.29 is 4.74 Å². The molecule has 1 heterocycles. The standard InChI is InChI=1S/C13H19N3O/c1-7-13(4,5)17-12-10(9(2)3)11(14-6)15-8-16-12/h1,8-9H,2-6H3,(H,14,15,16). The molecule has 0 aromatic carbocycles. The normalized spacial score (nSPS) is 11.1. The maximum atomic E-state index is 5.76. The lowest BCUT2D eigenvalue weighted by Gasteiger charge is -2.23. The van der Waals surface area contributed by atoms with Crippen LogP contribution >= 0.6 is 0 Å². The van der Waals surface area contributed by atoms with E-state index in [-0.39, 0.29) is 5.92 Å². The van der Waals surface area contributed by atoms with Crippen molar-refractivity contribution in [2.24, 2.45) is 0 Å². The third-order valence-electron chi connectivity index (χ3n) is 2.36. The van der Waals surface area contributed by atoms with E-state index in [0.29, 0.717) is 5.88 Å². The minimum Gasteiger partial charge on any atom is -0.458 e. The maximum Gasteiger partial charge on any atom is 0.223 e. The fraction of sp³-hybridized carbons (Fsp3) is 0.538. The largest absolute Gasteiger partial charge is 0.458 e. The Morgan fingerprint density at radius 2 is 2.06 bits per heavy atom. The van der Waals surface area contributed by atoms with Crippen molar-refractivity contribution in [2.75, 3.05) is 12.4 Å². The number of anilines is 1. The first-order chi connectivity index (χ1) is 7.91. The second-order valence-corrected chi connectivity index (χ2v) is 4.60. The van der Waals surface area contributed by atoms with Crippen LogP contribution in [0.5, 0.6) is 5.88 Å². The van der Waals surface area contributed by atoms with Gasteiger partial charge in [0.15, 0.2) is 5.60 Å².